The summed E-state index contributed by atoms with van der Waals surface area (Å²) in [5.74, 6) is -0.0867. The highest BCUT2D eigenvalue weighted by Gasteiger charge is 2.18. The van der Waals surface area contributed by atoms with E-state index < -0.39 is 0 Å². The topological polar surface area (TPSA) is 34.9 Å². The van der Waals surface area contributed by atoms with Crippen molar-refractivity contribution in [3.05, 3.63) is 65.0 Å². The van der Waals surface area contributed by atoms with E-state index in [0.717, 1.165) is 23.4 Å². The molecule has 0 atom stereocenters. The molecule has 0 spiro atoms. The highest BCUT2D eigenvalue weighted by molar-refractivity contribution is 5.96. The number of aromatic nitrogens is 2. The number of nitrogens with zero attached hydrogens (tertiary/aromatic N) is 2. The van der Waals surface area contributed by atoms with Gasteiger partial charge in [-0.3, -0.25) is 4.79 Å². The Morgan fingerprint density at radius 1 is 1.23 bits per heavy atom. The second-order valence-electron chi connectivity index (χ2n) is 6.69. The molecule has 1 heterocycles. The molecular formula is C19H24N2O. The van der Waals surface area contributed by atoms with Gasteiger partial charge in [-0.2, -0.15) is 5.10 Å². The first-order chi connectivity index (χ1) is 10.3. The number of hydrogen-bond acceptors (Lipinski definition) is 2. The van der Waals surface area contributed by atoms with Gasteiger partial charge in [0.15, 0.2) is 0 Å². The number of carbonyl (C=O) groups excluding carboxylic acids is 1. The molecule has 22 heavy (non-hydrogen) atoms. The highest BCUT2D eigenvalue weighted by atomic mass is 16.2. The van der Waals surface area contributed by atoms with Crippen molar-refractivity contribution in [1.29, 1.82) is 0 Å². The summed E-state index contributed by atoms with van der Waals surface area (Å²) in [6, 6.07) is 7.80. The van der Waals surface area contributed by atoms with Crippen LogP contribution in [-0.4, -0.2) is 15.7 Å². The van der Waals surface area contributed by atoms with Crippen molar-refractivity contribution in [3.63, 3.8) is 0 Å². The van der Waals surface area contributed by atoms with Gasteiger partial charge in [0, 0.05) is 16.8 Å². The molecule has 0 saturated carbocycles. The van der Waals surface area contributed by atoms with E-state index in [1.54, 1.807) is 0 Å². The summed E-state index contributed by atoms with van der Waals surface area (Å²) >= 11 is 0. The lowest BCUT2D eigenvalue weighted by molar-refractivity contribution is 0.0942. The van der Waals surface area contributed by atoms with Gasteiger partial charge in [-0.1, -0.05) is 39.0 Å². The van der Waals surface area contributed by atoms with Crippen LogP contribution in [0, 0.1) is 13.8 Å². The third-order valence-corrected chi connectivity index (χ3v) is 3.98. The SMILES string of the molecule is C=CCc1c(C)nn(C(=O)c2ccc(C(C)(C)C)cc2)c1C. The molecule has 0 aliphatic heterocycles. The van der Waals surface area contributed by atoms with Crippen LogP contribution < -0.4 is 0 Å². The van der Waals surface area contributed by atoms with Crippen LogP contribution in [0.2, 0.25) is 0 Å². The normalized spacial score (nSPS) is 11.5. The zero-order valence-corrected chi connectivity index (χ0v) is 14.1. The molecule has 3 heteroatoms. The standard InChI is InChI=1S/C19H24N2O/c1-7-8-17-13(2)20-21(14(17)3)18(22)15-9-11-16(12-10-15)19(4,5)6/h7,9-12H,1,8H2,2-6H3. The molecule has 0 fully saturated rings. The van der Waals surface area contributed by atoms with Gasteiger partial charge in [-0.05, 0) is 43.4 Å². The van der Waals surface area contributed by atoms with Crippen molar-refractivity contribution < 1.29 is 4.79 Å². The van der Waals surface area contributed by atoms with Gasteiger partial charge in [0.2, 0.25) is 0 Å². The van der Waals surface area contributed by atoms with Gasteiger partial charge in [-0.25, -0.2) is 4.68 Å². The second-order valence-corrected chi connectivity index (χ2v) is 6.69. The zero-order valence-electron chi connectivity index (χ0n) is 14.1. The Labute approximate surface area is 132 Å². The quantitative estimate of drug-likeness (QED) is 0.795. The Hall–Kier alpha value is -2.16. The van der Waals surface area contributed by atoms with E-state index in [2.05, 4.69) is 32.4 Å². The van der Waals surface area contributed by atoms with Gasteiger partial charge >= 0.3 is 0 Å². The lowest BCUT2D eigenvalue weighted by Gasteiger charge is -2.19. The van der Waals surface area contributed by atoms with E-state index in [1.165, 1.54) is 10.2 Å². The van der Waals surface area contributed by atoms with E-state index in [1.807, 2.05) is 44.2 Å². The van der Waals surface area contributed by atoms with Gasteiger partial charge in [0.05, 0.1) is 5.69 Å². The largest absolute Gasteiger partial charge is 0.278 e. The molecule has 2 aromatic rings. The maximum absolute atomic E-state index is 12.7. The van der Waals surface area contributed by atoms with Crippen molar-refractivity contribution in [3.8, 4) is 0 Å². The zero-order chi connectivity index (χ0) is 16.5. The highest BCUT2D eigenvalue weighted by Crippen LogP contribution is 2.23. The van der Waals surface area contributed by atoms with E-state index >= 15 is 0 Å². The van der Waals surface area contributed by atoms with Crippen molar-refractivity contribution in [1.82, 2.24) is 9.78 Å². The Kier molecular flexibility index (Phi) is 4.36. The predicted molar refractivity (Wildman–Crippen MR) is 90.5 cm³/mol. The fraction of sp³-hybridized carbons (Fsp3) is 0.368. The monoisotopic (exact) mass is 296 g/mol. The first kappa shape index (κ1) is 16.2. The molecule has 3 nitrogen and oxygen atoms in total. The molecule has 0 amide bonds. The lowest BCUT2D eigenvalue weighted by atomic mass is 9.87. The average molecular weight is 296 g/mol. The molecule has 0 aliphatic rings. The van der Waals surface area contributed by atoms with Crippen LogP contribution in [0.4, 0.5) is 0 Å². The first-order valence-electron chi connectivity index (χ1n) is 7.57. The van der Waals surface area contributed by atoms with Crippen LogP contribution in [0.3, 0.4) is 0 Å². The van der Waals surface area contributed by atoms with Crippen LogP contribution in [0.1, 0.15) is 53.6 Å². The molecular weight excluding hydrogens is 272 g/mol. The van der Waals surface area contributed by atoms with E-state index in [-0.39, 0.29) is 11.3 Å². The molecule has 2 rings (SSSR count). The summed E-state index contributed by atoms with van der Waals surface area (Å²) in [6.07, 6.45) is 2.57. The maximum atomic E-state index is 12.7. The Morgan fingerprint density at radius 2 is 1.82 bits per heavy atom. The molecule has 0 unspecified atom stereocenters. The van der Waals surface area contributed by atoms with E-state index in [4.69, 9.17) is 0 Å². The second kappa shape index (κ2) is 5.91. The summed E-state index contributed by atoms with van der Waals surface area (Å²) in [4.78, 5) is 12.7. The van der Waals surface area contributed by atoms with Crippen molar-refractivity contribution in [2.45, 2.75) is 46.5 Å². The molecule has 0 N–H and O–H groups in total. The van der Waals surface area contributed by atoms with Crippen LogP contribution >= 0.6 is 0 Å². The van der Waals surface area contributed by atoms with E-state index in [0.29, 0.717) is 5.56 Å². The Morgan fingerprint density at radius 3 is 2.32 bits per heavy atom. The van der Waals surface area contributed by atoms with Gasteiger partial charge in [0.25, 0.3) is 5.91 Å². The van der Waals surface area contributed by atoms with Crippen LogP contribution in [0.5, 0.6) is 0 Å². The number of hydrogen-bond donors (Lipinski definition) is 0. The van der Waals surface area contributed by atoms with E-state index in [9.17, 15) is 4.79 Å². The predicted octanol–water partition coefficient (Wildman–Crippen LogP) is 4.21. The summed E-state index contributed by atoms with van der Waals surface area (Å²) in [6.45, 7) is 14.1. The minimum absolute atomic E-state index is 0.0803. The minimum atomic E-state index is -0.0867. The smallest absolute Gasteiger partial charge is 0.267 e. The number of carbonyl (C=O) groups is 1. The summed E-state index contributed by atoms with van der Waals surface area (Å²) in [5, 5.41) is 4.40. The molecule has 0 saturated heterocycles. The molecule has 0 aliphatic carbocycles. The maximum Gasteiger partial charge on any atom is 0.278 e. The number of allylic oxidation sites excluding steroid dienone is 1. The third kappa shape index (κ3) is 3.03. The lowest BCUT2D eigenvalue weighted by Crippen LogP contribution is -2.16. The fourth-order valence-corrected chi connectivity index (χ4v) is 2.55. The Bertz CT molecular complexity index is 700. The molecule has 0 bridgehead atoms. The Balaban J connectivity index is 2.36. The van der Waals surface area contributed by atoms with Crippen LogP contribution in [-0.2, 0) is 11.8 Å². The van der Waals surface area contributed by atoms with Crippen molar-refractivity contribution >= 4 is 5.91 Å². The number of rotatable bonds is 3. The van der Waals surface area contributed by atoms with Crippen LogP contribution in [0.25, 0.3) is 0 Å². The molecule has 116 valence electrons. The fourth-order valence-electron chi connectivity index (χ4n) is 2.55. The summed E-state index contributed by atoms with van der Waals surface area (Å²) in [5.41, 5.74) is 4.80. The van der Waals surface area contributed by atoms with Crippen molar-refractivity contribution in [2.75, 3.05) is 0 Å². The number of aryl methyl sites for hydroxylation is 1. The number of benzene rings is 1. The molecule has 1 aromatic carbocycles. The van der Waals surface area contributed by atoms with Gasteiger partial charge < -0.3 is 0 Å². The summed E-state index contributed by atoms with van der Waals surface area (Å²) in [7, 11) is 0. The third-order valence-electron chi connectivity index (χ3n) is 3.98. The average Bonchev–Trinajstić information content (AvgIpc) is 2.74. The molecule has 0 radical (unpaired) electrons. The van der Waals surface area contributed by atoms with Crippen molar-refractivity contribution in [2.24, 2.45) is 0 Å². The van der Waals surface area contributed by atoms with Crippen LogP contribution in [0.15, 0.2) is 36.9 Å². The van der Waals surface area contributed by atoms with Gasteiger partial charge in [-0.15, -0.1) is 6.58 Å². The van der Waals surface area contributed by atoms with Gasteiger partial charge in [0.1, 0.15) is 0 Å². The molecule has 1 aromatic heterocycles. The minimum Gasteiger partial charge on any atom is -0.267 e. The summed E-state index contributed by atoms with van der Waals surface area (Å²) < 4.78 is 1.50. The first-order valence-corrected chi connectivity index (χ1v) is 7.57.